The topological polar surface area (TPSA) is 91.3 Å². The van der Waals surface area contributed by atoms with Gasteiger partial charge in [0.05, 0.1) is 12.6 Å². The number of benzene rings is 1. The molecular weight excluding hydrogens is 392 g/mol. The first kappa shape index (κ1) is 21.3. The highest BCUT2D eigenvalue weighted by atomic mass is 35.5. The van der Waals surface area contributed by atoms with E-state index in [9.17, 15) is 9.59 Å². The highest BCUT2D eigenvalue weighted by Gasteiger charge is 2.28. The maximum Gasteiger partial charge on any atom is 0.251 e. The van der Waals surface area contributed by atoms with E-state index in [4.69, 9.17) is 0 Å². The Labute approximate surface area is 176 Å². The van der Waals surface area contributed by atoms with Crippen LogP contribution in [0.15, 0.2) is 36.7 Å². The monoisotopic (exact) mass is 418 g/mol. The Kier molecular flexibility index (Phi) is 6.89. The van der Waals surface area contributed by atoms with Crippen LogP contribution in [0.4, 0.5) is 5.69 Å². The lowest BCUT2D eigenvalue weighted by Crippen LogP contribution is -2.49. The van der Waals surface area contributed by atoms with Crippen LogP contribution in [0.5, 0.6) is 0 Å². The van der Waals surface area contributed by atoms with Crippen molar-refractivity contribution < 1.29 is 9.59 Å². The van der Waals surface area contributed by atoms with E-state index >= 15 is 0 Å². The normalized spacial score (nSPS) is 19.3. The summed E-state index contributed by atoms with van der Waals surface area (Å²) in [5.74, 6) is 0.759. The van der Waals surface area contributed by atoms with E-state index in [0.29, 0.717) is 17.3 Å². The second-order valence-corrected chi connectivity index (χ2v) is 7.46. The molecule has 2 heterocycles. The highest BCUT2D eigenvalue weighted by molar-refractivity contribution is 5.97. The summed E-state index contributed by atoms with van der Waals surface area (Å²) in [7, 11) is 1.97. The molecule has 1 aliphatic carbocycles. The number of imidazole rings is 1. The Balaban J connectivity index is 0.00000240. The number of hydrogen-bond donors (Lipinski definition) is 3. The SMILES string of the molecule is Cl.Cn1ccnc1C1CNCCN1CC(=O)Nc1cccc(C(=O)NC2CC2)c1. The lowest BCUT2D eigenvalue weighted by Gasteiger charge is -2.35. The predicted molar refractivity (Wildman–Crippen MR) is 113 cm³/mol. The van der Waals surface area contributed by atoms with Crippen LogP contribution in [0.25, 0.3) is 0 Å². The van der Waals surface area contributed by atoms with E-state index < -0.39 is 0 Å². The number of rotatable bonds is 6. The molecule has 1 atom stereocenters. The lowest BCUT2D eigenvalue weighted by atomic mass is 10.1. The number of anilines is 1. The quantitative estimate of drug-likeness (QED) is 0.658. The molecule has 9 heteroatoms. The molecule has 8 nitrogen and oxygen atoms in total. The van der Waals surface area contributed by atoms with Gasteiger partial charge in [-0.05, 0) is 31.0 Å². The summed E-state index contributed by atoms with van der Waals surface area (Å²) in [4.78, 5) is 31.4. The van der Waals surface area contributed by atoms with Gasteiger partial charge in [0.2, 0.25) is 5.91 Å². The zero-order chi connectivity index (χ0) is 19.5. The number of carbonyl (C=O) groups excluding carboxylic acids is 2. The van der Waals surface area contributed by atoms with Crippen LogP contribution in [0.2, 0.25) is 0 Å². The minimum Gasteiger partial charge on any atom is -0.349 e. The van der Waals surface area contributed by atoms with Crippen molar-refractivity contribution in [3.8, 4) is 0 Å². The molecule has 0 radical (unpaired) electrons. The summed E-state index contributed by atoms with van der Waals surface area (Å²) in [5, 5.41) is 9.27. The van der Waals surface area contributed by atoms with E-state index in [0.717, 1.165) is 38.3 Å². The van der Waals surface area contributed by atoms with Crippen molar-refractivity contribution in [2.75, 3.05) is 31.5 Å². The maximum atomic E-state index is 12.6. The minimum absolute atomic E-state index is 0. The number of halogens is 1. The molecule has 2 aliphatic rings. The van der Waals surface area contributed by atoms with E-state index in [2.05, 4.69) is 25.8 Å². The second-order valence-electron chi connectivity index (χ2n) is 7.46. The fourth-order valence-corrected chi connectivity index (χ4v) is 3.51. The molecule has 1 saturated carbocycles. The average Bonchev–Trinajstić information content (AvgIpc) is 3.40. The van der Waals surface area contributed by atoms with Gasteiger partial charge in [-0.2, -0.15) is 0 Å². The fourth-order valence-electron chi connectivity index (χ4n) is 3.51. The number of amides is 2. The molecular formula is C20H27ClN6O2. The molecule has 29 heavy (non-hydrogen) atoms. The summed E-state index contributed by atoms with van der Waals surface area (Å²) in [6.07, 6.45) is 5.79. The van der Waals surface area contributed by atoms with Gasteiger partial charge in [0.15, 0.2) is 0 Å². The van der Waals surface area contributed by atoms with Gasteiger partial charge in [-0.25, -0.2) is 4.98 Å². The molecule has 1 unspecified atom stereocenters. The van der Waals surface area contributed by atoms with Gasteiger partial charge in [-0.1, -0.05) is 6.07 Å². The first-order valence-electron chi connectivity index (χ1n) is 9.73. The van der Waals surface area contributed by atoms with Crippen LogP contribution < -0.4 is 16.0 Å². The molecule has 2 aromatic rings. The number of hydrogen-bond acceptors (Lipinski definition) is 5. The van der Waals surface area contributed by atoms with Gasteiger partial charge < -0.3 is 20.5 Å². The number of piperazine rings is 1. The third kappa shape index (κ3) is 5.35. The molecule has 2 fully saturated rings. The number of carbonyl (C=O) groups is 2. The molecule has 1 aliphatic heterocycles. The summed E-state index contributed by atoms with van der Waals surface area (Å²) >= 11 is 0. The largest absolute Gasteiger partial charge is 0.349 e. The molecule has 1 saturated heterocycles. The Hall–Kier alpha value is -2.42. The molecule has 0 bridgehead atoms. The van der Waals surface area contributed by atoms with Gasteiger partial charge in [-0.3, -0.25) is 14.5 Å². The zero-order valence-corrected chi connectivity index (χ0v) is 17.2. The summed E-state index contributed by atoms with van der Waals surface area (Å²) in [5.41, 5.74) is 1.20. The predicted octanol–water partition coefficient (Wildman–Crippen LogP) is 1.32. The van der Waals surface area contributed by atoms with Gasteiger partial charge >= 0.3 is 0 Å². The molecule has 0 spiro atoms. The van der Waals surface area contributed by atoms with Crippen molar-refractivity contribution in [1.82, 2.24) is 25.1 Å². The zero-order valence-electron chi connectivity index (χ0n) is 16.4. The smallest absolute Gasteiger partial charge is 0.251 e. The van der Waals surface area contributed by atoms with Gasteiger partial charge in [-0.15, -0.1) is 12.4 Å². The first-order chi connectivity index (χ1) is 13.6. The van der Waals surface area contributed by atoms with Crippen molar-refractivity contribution in [2.24, 2.45) is 7.05 Å². The lowest BCUT2D eigenvalue weighted by molar-refractivity contribution is -0.118. The maximum absolute atomic E-state index is 12.6. The van der Waals surface area contributed by atoms with Crippen molar-refractivity contribution in [3.05, 3.63) is 48.0 Å². The minimum atomic E-state index is -0.0964. The number of nitrogens with zero attached hydrogens (tertiary/aromatic N) is 3. The Morgan fingerprint density at radius 3 is 2.86 bits per heavy atom. The van der Waals surface area contributed by atoms with Crippen molar-refractivity contribution >= 4 is 29.9 Å². The molecule has 3 N–H and O–H groups in total. The standard InChI is InChI=1S/C20H26N6O2.ClH/c1-25-9-8-22-19(25)17-12-21-7-10-26(17)13-18(27)23-16-4-2-3-14(11-16)20(28)24-15-5-6-15;/h2-4,8-9,11,15,17,21H,5-7,10,12-13H2,1H3,(H,23,27)(H,24,28);1H. The Morgan fingerprint density at radius 1 is 1.31 bits per heavy atom. The Bertz CT molecular complexity index is 866. The van der Waals surface area contributed by atoms with Crippen LogP contribution in [-0.4, -0.2) is 58.5 Å². The van der Waals surface area contributed by atoms with Gasteiger partial charge in [0.25, 0.3) is 5.91 Å². The molecule has 156 valence electrons. The second kappa shape index (κ2) is 9.39. The average molecular weight is 419 g/mol. The fraction of sp³-hybridized carbons (Fsp3) is 0.450. The molecule has 1 aromatic heterocycles. The highest BCUT2D eigenvalue weighted by Crippen LogP contribution is 2.21. The molecule has 1 aromatic carbocycles. The summed E-state index contributed by atoms with van der Waals surface area (Å²) < 4.78 is 1.99. The number of nitrogens with one attached hydrogen (secondary N) is 3. The first-order valence-corrected chi connectivity index (χ1v) is 9.73. The van der Waals surface area contributed by atoms with Crippen molar-refractivity contribution in [2.45, 2.75) is 24.9 Å². The Morgan fingerprint density at radius 2 is 2.14 bits per heavy atom. The summed E-state index contributed by atoms with van der Waals surface area (Å²) in [6, 6.07) is 7.44. The van der Waals surface area contributed by atoms with Crippen LogP contribution in [0, 0.1) is 0 Å². The van der Waals surface area contributed by atoms with E-state index in [1.807, 2.05) is 17.8 Å². The molecule has 4 rings (SSSR count). The van der Waals surface area contributed by atoms with E-state index in [-0.39, 0.29) is 36.8 Å². The number of aryl methyl sites for hydroxylation is 1. The van der Waals surface area contributed by atoms with Crippen LogP contribution in [0.3, 0.4) is 0 Å². The van der Waals surface area contributed by atoms with Crippen LogP contribution in [0.1, 0.15) is 35.1 Å². The van der Waals surface area contributed by atoms with Crippen LogP contribution in [-0.2, 0) is 11.8 Å². The third-order valence-electron chi connectivity index (χ3n) is 5.18. The summed E-state index contributed by atoms with van der Waals surface area (Å²) in [6.45, 7) is 2.65. The van der Waals surface area contributed by atoms with E-state index in [1.165, 1.54) is 0 Å². The third-order valence-corrected chi connectivity index (χ3v) is 5.18. The van der Waals surface area contributed by atoms with Crippen molar-refractivity contribution in [3.63, 3.8) is 0 Å². The van der Waals surface area contributed by atoms with E-state index in [1.54, 1.807) is 30.5 Å². The number of aromatic nitrogens is 2. The van der Waals surface area contributed by atoms with Gasteiger partial charge in [0.1, 0.15) is 5.82 Å². The van der Waals surface area contributed by atoms with Crippen molar-refractivity contribution in [1.29, 1.82) is 0 Å². The van der Waals surface area contributed by atoms with Gasteiger partial charge in [0, 0.05) is 56.4 Å². The van der Waals surface area contributed by atoms with Crippen LogP contribution >= 0.6 is 12.4 Å². The molecule has 2 amide bonds.